The predicted molar refractivity (Wildman–Crippen MR) is 70.7 cm³/mol. The number of alkyl halides is 2. The summed E-state index contributed by atoms with van der Waals surface area (Å²) in [4.78, 5) is 0. The van der Waals surface area contributed by atoms with Crippen LogP contribution in [0.5, 0.6) is 0 Å². The number of halogens is 2. The maximum Gasteiger partial charge on any atom is 0.154 e. The first-order valence-corrected chi connectivity index (χ1v) is 7.25. The van der Waals surface area contributed by atoms with Crippen molar-refractivity contribution in [2.45, 2.75) is 69.4 Å². The van der Waals surface area contributed by atoms with Gasteiger partial charge in [-0.05, 0) is 41.4 Å². The van der Waals surface area contributed by atoms with Gasteiger partial charge in [-0.15, -0.1) is 0 Å². The van der Waals surface area contributed by atoms with Crippen molar-refractivity contribution in [3.63, 3.8) is 0 Å². The molecular formula is C12H24FI. The molecule has 0 aliphatic carbocycles. The third kappa shape index (κ3) is 8.01. The normalized spacial score (nSPS) is 15.4. The van der Waals surface area contributed by atoms with Crippen molar-refractivity contribution in [2.75, 3.05) is 0 Å². The summed E-state index contributed by atoms with van der Waals surface area (Å²) >= 11 is 1.94. The third-order valence-electron chi connectivity index (χ3n) is 2.71. The zero-order valence-electron chi connectivity index (χ0n) is 9.57. The van der Waals surface area contributed by atoms with E-state index >= 15 is 0 Å². The minimum absolute atomic E-state index is 0.312. The second kappa shape index (κ2) is 10.2. The van der Waals surface area contributed by atoms with Gasteiger partial charge in [-0.3, -0.25) is 0 Å². The lowest BCUT2D eigenvalue weighted by atomic mass is 9.96. The zero-order chi connectivity index (χ0) is 10.8. The van der Waals surface area contributed by atoms with Crippen LogP contribution in [0.1, 0.15) is 65.2 Å². The molecule has 2 heteroatoms. The minimum atomic E-state index is -0.638. The van der Waals surface area contributed by atoms with Gasteiger partial charge in [-0.2, -0.15) is 0 Å². The number of hydrogen-bond acceptors (Lipinski definition) is 0. The number of hydrogen-bond donors (Lipinski definition) is 0. The summed E-state index contributed by atoms with van der Waals surface area (Å²) in [5, 5.41) is 0. The van der Waals surface area contributed by atoms with E-state index in [1.54, 1.807) is 0 Å². The first-order chi connectivity index (χ1) is 6.72. The van der Waals surface area contributed by atoms with Gasteiger partial charge in [0.2, 0.25) is 0 Å². The molecule has 2 unspecified atom stereocenters. The molecule has 0 aromatic carbocycles. The molecule has 0 heterocycles. The summed E-state index contributed by atoms with van der Waals surface area (Å²) in [6.45, 7) is 4.39. The highest BCUT2D eigenvalue weighted by atomic mass is 127. The summed E-state index contributed by atoms with van der Waals surface area (Å²) in [6.07, 6.45) is 9.60. The molecule has 0 saturated carbocycles. The molecule has 0 fully saturated rings. The summed E-state index contributed by atoms with van der Waals surface area (Å²) < 4.78 is 12.5. The van der Waals surface area contributed by atoms with E-state index in [-0.39, 0.29) is 0 Å². The molecular weight excluding hydrogens is 290 g/mol. The molecule has 14 heavy (non-hydrogen) atoms. The van der Waals surface area contributed by atoms with Crippen LogP contribution in [0.4, 0.5) is 4.39 Å². The Labute approximate surface area is 102 Å². The van der Waals surface area contributed by atoms with Gasteiger partial charge in [0.05, 0.1) is 0 Å². The van der Waals surface area contributed by atoms with Crippen molar-refractivity contribution < 1.29 is 4.39 Å². The fourth-order valence-corrected chi connectivity index (χ4v) is 2.42. The lowest BCUT2D eigenvalue weighted by Gasteiger charge is -2.16. The standard InChI is InChI=1S/C12H24FI/c1-3-5-7-8-10-11(12(13)14)9-6-4-2/h11-12H,3-10H2,1-2H3. The Kier molecular flexibility index (Phi) is 10.7. The average molecular weight is 314 g/mol. The fourth-order valence-electron chi connectivity index (χ4n) is 1.70. The topological polar surface area (TPSA) is 0 Å². The van der Waals surface area contributed by atoms with Crippen LogP contribution < -0.4 is 0 Å². The summed E-state index contributed by atoms with van der Waals surface area (Å²) in [7, 11) is 0. The average Bonchev–Trinajstić information content (AvgIpc) is 2.16. The second-order valence-electron chi connectivity index (χ2n) is 4.09. The fraction of sp³-hybridized carbons (Fsp3) is 1.00. The van der Waals surface area contributed by atoms with Gasteiger partial charge < -0.3 is 0 Å². The zero-order valence-corrected chi connectivity index (χ0v) is 11.7. The van der Waals surface area contributed by atoms with E-state index in [9.17, 15) is 4.39 Å². The molecule has 0 spiro atoms. The maximum absolute atomic E-state index is 13.2. The Balaban J connectivity index is 3.52. The van der Waals surface area contributed by atoms with Gasteiger partial charge in [-0.1, -0.05) is 52.4 Å². The Hall–Kier alpha value is 0.660. The maximum atomic E-state index is 13.2. The van der Waals surface area contributed by atoms with Gasteiger partial charge in [0.1, 0.15) is 0 Å². The van der Waals surface area contributed by atoms with Crippen molar-refractivity contribution in [2.24, 2.45) is 5.92 Å². The van der Waals surface area contributed by atoms with E-state index in [0.29, 0.717) is 5.92 Å². The van der Waals surface area contributed by atoms with Crippen LogP contribution in [0.3, 0.4) is 0 Å². The number of unbranched alkanes of at least 4 members (excludes halogenated alkanes) is 4. The molecule has 2 atom stereocenters. The molecule has 0 rings (SSSR count). The monoisotopic (exact) mass is 314 g/mol. The van der Waals surface area contributed by atoms with E-state index in [1.165, 1.54) is 38.5 Å². The van der Waals surface area contributed by atoms with E-state index in [0.717, 1.165) is 12.8 Å². The summed E-state index contributed by atoms with van der Waals surface area (Å²) in [5.74, 6) is 0.312. The summed E-state index contributed by atoms with van der Waals surface area (Å²) in [5.41, 5.74) is 0. The summed E-state index contributed by atoms with van der Waals surface area (Å²) in [6, 6.07) is 0. The molecule has 0 amide bonds. The predicted octanol–water partition coefficient (Wildman–Crippen LogP) is 5.49. The Bertz CT molecular complexity index is 115. The highest BCUT2D eigenvalue weighted by Gasteiger charge is 2.16. The quantitative estimate of drug-likeness (QED) is 0.300. The van der Waals surface area contributed by atoms with E-state index in [4.69, 9.17) is 0 Å². The lowest BCUT2D eigenvalue weighted by molar-refractivity contribution is 0.295. The van der Waals surface area contributed by atoms with Crippen LogP contribution in [-0.4, -0.2) is 4.18 Å². The van der Waals surface area contributed by atoms with Crippen LogP contribution in [0.15, 0.2) is 0 Å². The molecule has 0 aliphatic rings. The molecule has 0 aromatic rings. The van der Waals surface area contributed by atoms with Crippen LogP contribution >= 0.6 is 22.6 Å². The van der Waals surface area contributed by atoms with Crippen LogP contribution in [0.25, 0.3) is 0 Å². The highest BCUT2D eigenvalue weighted by Crippen LogP contribution is 2.26. The van der Waals surface area contributed by atoms with Crippen molar-refractivity contribution >= 4 is 22.6 Å². The third-order valence-corrected chi connectivity index (χ3v) is 3.73. The van der Waals surface area contributed by atoms with Crippen LogP contribution in [-0.2, 0) is 0 Å². The van der Waals surface area contributed by atoms with Gasteiger partial charge in [0.25, 0.3) is 0 Å². The van der Waals surface area contributed by atoms with Crippen LogP contribution in [0.2, 0.25) is 0 Å². The molecule has 0 aliphatic heterocycles. The molecule has 0 aromatic heterocycles. The smallest absolute Gasteiger partial charge is 0.154 e. The Morgan fingerprint density at radius 1 is 0.929 bits per heavy atom. The van der Waals surface area contributed by atoms with Gasteiger partial charge in [0, 0.05) is 0 Å². The molecule has 0 nitrogen and oxygen atoms in total. The number of rotatable bonds is 9. The van der Waals surface area contributed by atoms with Crippen LogP contribution in [0, 0.1) is 5.92 Å². The Morgan fingerprint density at radius 2 is 1.50 bits per heavy atom. The molecule has 0 radical (unpaired) electrons. The molecule has 0 saturated heterocycles. The van der Waals surface area contributed by atoms with Crippen molar-refractivity contribution in [3.05, 3.63) is 0 Å². The van der Waals surface area contributed by atoms with Gasteiger partial charge in [-0.25, -0.2) is 4.39 Å². The lowest BCUT2D eigenvalue weighted by Crippen LogP contribution is -2.09. The first kappa shape index (κ1) is 14.7. The van der Waals surface area contributed by atoms with E-state index < -0.39 is 4.18 Å². The Morgan fingerprint density at radius 3 is 2.00 bits per heavy atom. The van der Waals surface area contributed by atoms with Crippen molar-refractivity contribution in [1.82, 2.24) is 0 Å². The van der Waals surface area contributed by atoms with Crippen molar-refractivity contribution in [3.8, 4) is 0 Å². The molecule has 86 valence electrons. The highest BCUT2D eigenvalue weighted by molar-refractivity contribution is 14.1. The first-order valence-electron chi connectivity index (χ1n) is 6.00. The minimum Gasteiger partial charge on any atom is -0.236 e. The van der Waals surface area contributed by atoms with Gasteiger partial charge in [0.15, 0.2) is 4.18 Å². The second-order valence-corrected chi connectivity index (χ2v) is 5.28. The largest absolute Gasteiger partial charge is 0.236 e. The molecule has 0 bridgehead atoms. The van der Waals surface area contributed by atoms with Crippen molar-refractivity contribution in [1.29, 1.82) is 0 Å². The molecule has 0 N–H and O–H groups in total. The van der Waals surface area contributed by atoms with E-state index in [1.807, 2.05) is 22.6 Å². The van der Waals surface area contributed by atoms with Gasteiger partial charge >= 0.3 is 0 Å². The SMILES string of the molecule is CCCCCCC(CCCC)C(F)I. The van der Waals surface area contributed by atoms with E-state index in [2.05, 4.69) is 13.8 Å².